The summed E-state index contributed by atoms with van der Waals surface area (Å²) < 4.78 is 32.9. The van der Waals surface area contributed by atoms with Crippen LogP contribution in [0.25, 0.3) is 0 Å². The lowest BCUT2D eigenvalue weighted by Gasteiger charge is -2.10. The van der Waals surface area contributed by atoms with Crippen molar-refractivity contribution in [2.45, 2.75) is 18.2 Å². The Bertz CT molecular complexity index is 842. The molecule has 0 fully saturated rings. The monoisotopic (exact) mass is 413 g/mol. The maximum Gasteiger partial charge on any atom is 0.261 e. The van der Waals surface area contributed by atoms with E-state index in [1.165, 1.54) is 18.2 Å². The molecule has 2 aromatic carbocycles. The van der Waals surface area contributed by atoms with Gasteiger partial charge in [-0.3, -0.25) is 9.52 Å². The Hall–Kier alpha value is -2.29. The molecule has 0 saturated heterocycles. The van der Waals surface area contributed by atoms with Crippen LogP contribution in [0.2, 0.25) is 0 Å². The minimum Gasteiger partial charge on any atom is -0.494 e. The molecule has 0 bridgehead atoms. The molecule has 0 radical (unpaired) electrons. The number of anilines is 1. The molecule has 27 heavy (non-hydrogen) atoms. The molecule has 0 aliphatic carbocycles. The van der Waals surface area contributed by atoms with Gasteiger partial charge in [-0.05, 0) is 62.4 Å². The Labute approximate surface area is 165 Å². The lowest BCUT2D eigenvalue weighted by atomic mass is 10.2. The number of nitrogens with two attached hydrogens (primary N) is 1. The standard InChI is InChI=1S/C18H23N3O4S.ClH/c1-2-25-16-9-7-15(8-10-16)21-26(23,24)17-6-3-5-14(13-17)18(22)20-12-4-11-19;/h3,5-10,13,21H,2,4,11-12,19H2,1H3,(H,20,22);1H. The third kappa shape index (κ3) is 6.74. The fourth-order valence-corrected chi connectivity index (χ4v) is 3.31. The highest BCUT2D eigenvalue weighted by atomic mass is 35.5. The molecule has 4 N–H and O–H groups in total. The molecule has 0 aromatic heterocycles. The van der Waals surface area contributed by atoms with E-state index < -0.39 is 10.0 Å². The van der Waals surface area contributed by atoms with Gasteiger partial charge >= 0.3 is 0 Å². The summed E-state index contributed by atoms with van der Waals surface area (Å²) in [6.07, 6.45) is 0.656. The number of carbonyl (C=O) groups excluding carboxylic acids is 1. The molecule has 0 saturated carbocycles. The first kappa shape index (κ1) is 22.8. The van der Waals surface area contributed by atoms with Crippen molar-refractivity contribution in [1.82, 2.24) is 5.32 Å². The van der Waals surface area contributed by atoms with Crippen LogP contribution in [0, 0.1) is 0 Å². The molecule has 0 heterocycles. The van der Waals surface area contributed by atoms with E-state index in [4.69, 9.17) is 10.5 Å². The Morgan fingerprint density at radius 2 is 1.85 bits per heavy atom. The second kappa shape index (κ2) is 10.8. The number of rotatable bonds is 9. The highest BCUT2D eigenvalue weighted by molar-refractivity contribution is 7.92. The molecule has 0 spiro atoms. The van der Waals surface area contributed by atoms with Gasteiger partial charge in [-0.2, -0.15) is 0 Å². The fourth-order valence-electron chi connectivity index (χ4n) is 2.21. The van der Waals surface area contributed by atoms with Gasteiger partial charge in [-0.1, -0.05) is 6.07 Å². The van der Waals surface area contributed by atoms with E-state index in [1.807, 2.05) is 6.92 Å². The first-order chi connectivity index (χ1) is 12.5. The van der Waals surface area contributed by atoms with Crippen molar-refractivity contribution in [1.29, 1.82) is 0 Å². The first-order valence-corrected chi connectivity index (χ1v) is 9.78. The van der Waals surface area contributed by atoms with Crippen molar-refractivity contribution in [3.8, 4) is 5.75 Å². The van der Waals surface area contributed by atoms with E-state index >= 15 is 0 Å². The summed E-state index contributed by atoms with van der Waals surface area (Å²) >= 11 is 0. The maximum absolute atomic E-state index is 12.6. The zero-order valence-corrected chi connectivity index (χ0v) is 16.6. The van der Waals surface area contributed by atoms with Crippen molar-refractivity contribution < 1.29 is 17.9 Å². The zero-order chi connectivity index (χ0) is 19.0. The first-order valence-electron chi connectivity index (χ1n) is 8.30. The second-order valence-corrected chi connectivity index (χ2v) is 7.17. The minimum absolute atomic E-state index is 0. The van der Waals surface area contributed by atoms with Crippen LogP contribution in [-0.4, -0.2) is 34.0 Å². The van der Waals surface area contributed by atoms with E-state index in [9.17, 15) is 13.2 Å². The topological polar surface area (TPSA) is 111 Å². The molecule has 148 valence electrons. The third-order valence-electron chi connectivity index (χ3n) is 3.49. The Morgan fingerprint density at radius 3 is 2.48 bits per heavy atom. The van der Waals surface area contributed by atoms with Gasteiger partial charge < -0.3 is 15.8 Å². The predicted molar refractivity (Wildman–Crippen MR) is 108 cm³/mol. The summed E-state index contributed by atoms with van der Waals surface area (Å²) in [5.41, 5.74) is 6.07. The summed E-state index contributed by atoms with van der Waals surface area (Å²) in [4.78, 5) is 12.1. The molecule has 1 amide bonds. The van der Waals surface area contributed by atoms with Crippen LogP contribution in [0.1, 0.15) is 23.7 Å². The second-order valence-electron chi connectivity index (χ2n) is 5.49. The van der Waals surface area contributed by atoms with E-state index in [0.29, 0.717) is 37.6 Å². The molecule has 2 rings (SSSR count). The van der Waals surface area contributed by atoms with Gasteiger partial charge in [-0.15, -0.1) is 12.4 Å². The van der Waals surface area contributed by atoms with Crippen LogP contribution in [0.3, 0.4) is 0 Å². The van der Waals surface area contributed by atoms with Gasteiger partial charge in [0.1, 0.15) is 5.75 Å². The van der Waals surface area contributed by atoms with Crippen LogP contribution in [0.4, 0.5) is 5.69 Å². The zero-order valence-electron chi connectivity index (χ0n) is 15.0. The summed E-state index contributed by atoms with van der Waals surface area (Å²) in [5, 5.41) is 2.70. The van der Waals surface area contributed by atoms with E-state index in [-0.39, 0.29) is 28.8 Å². The average molecular weight is 414 g/mol. The molecule has 9 heteroatoms. The van der Waals surface area contributed by atoms with E-state index in [2.05, 4.69) is 10.0 Å². The Balaban J connectivity index is 0.00000364. The van der Waals surface area contributed by atoms with Crippen LogP contribution in [0.15, 0.2) is 53.4 Å². The van der Waals surface area contributed by atoms with Crippen molar-refractivity contribution in [3.05, 3.63) is 54.1 Å². The molecule has 7 nitrogen and oxygen atoms in total. The number of sulfonamides is 1. The van der Waals surface area contributed by atoms with Gasteiger partial charge in [0, 0.05) is 17.8 Å². The van der Waals surface area contributed by atoms with Gasteiger partial charge in [-0.25, -0.2) is 8.42 Å². The summed E-state index contributed by atoms with van der Waals surface area (Å²) in [5.74, 6) is 0.322. The lowest BCUT2D eigenvalue weighted by Crippen LogP contribution is -2.26. The number of hydrogen-bond acceptors (Lipinski definition) is 5. The SMILES string of the molecule is CCOc1ccc(NS(=O)(=O)c2cccc(C(=O)NCCCN)c2)cc1.Cl. The number of amides is 1. The summed E-state index contributed by atoms with van der Waals surface area (Å²) in [7, 11) is -3.81. The molecule has 2 aromatic rings. The van der Waals surface area contributed by atoms with E-state index in [1.54, 1.807) is 30.3 Å². The van der Waals surface area contributed by atoms with Gasteiger partial charge in [0.25, 0.3) is 15.9 Å². The predicted octanol–water partition coefficient (Wildman–Crippen LogP) is 2.39. The Morgan fingerprint density at radius 1 is 1.15 bits per heavy atom. The molecule has 0 aliphatic heterocycles. The van der Waals surface area contributed by atoms with Crippen molar-refractivity contribution in [3.63, 3.8) is 0 Å². The van der Waals surface area contributed by atoms with Crippen LogP contribution >= 0.6 is 12.4 Å². The highest BCUT2D eigenvalue weighted by Gasteiger charge is 2.16. The van der Waals surface area contributed by atoms with Crippen molar-refractivity contribution >= 4 is 34.0 Å². The average Bonchev–Trinajstić information content (AvgIpc) is 2.63. The molecule has 0 aliphatic rings. The number of nitrogens with one attached hydrogen (secondary N) is 2. The minimum atomic E-state index is -3.81. The number of halogens is 1. The van der Waals surface area contributed by atoms with Crippen LogP contribution < -0.4 is 20.5 Å². The third-order valence-corrected chi connectivity index (χ3v) is 4.87. The normalized spacial score (nSPS) is 10.6. The summed E-state index contributed by atoms with van der Waals surface area (Å²) in [6.45, 7) is 3.32. The smallest absolute Gasteiger partial charge is 0.261 e. The molecular formula is C18H24ClN3O4S. The van der Waals surface area contributed by atoms with Gasteiger partial charge in [0.15, 0.2) is 0 Å². The number of ether oxygens (including phenoxy) is 1. The number of benzene rings is 2. The number of carbonyl (C=O) groups is 1. The Kier molecular flexibility index (Phi) is 9.07. The molecule has 0 atom stereocenters. The van der Waals surface area contributed by atoms with Crippen molar-refractivity contribution in [2.24, 2.45) is 5.73 Å². The molecular weight excluding hydrogens is 390 g/mol. The van der Waals surface area contributed by atoms with Crippen molar-refractivity contribution in [2.75, 3.05) is 24.4 Å². The largest absolute Gasteiger partial charge is 0.494 e. The van der Waals surface area contributed by atoms with Gasteiger partial charge in [0.05, 0.1) is 11.5 Å². The summed E-state index contributed by atoms with van der Waals surface area (Å²) in [6, 6.07) is 12.5. The van der Waals surface area contributed by atoms with Gasteiger partial charge in [0.2, 0.25) is 0 Å². The van der Waals surface area contributed by atoms with Crippen LogP contribution in [0.5, 0.6) is 5.75 Å². The molecule has 0 unspecified atom stereocenters. The highest BCUT2D eigenvalue weighted by Crippen LogP contribution is 2.20. The fraction of sp³-hybridized carbons (Fsp3) is 0.278. The quantitative estimate of drug-likeness (QED) is 0.546. The van der Waals surface area contributed by atoms with E-state index in [0.717, 1.165) is 0 Å². The maximum atomic E-state index is 12.6. The van der Waals surface area contributed by atoms with Crippen LogP contribution in [-0.2, 0) is 10.0 Å². The number of hydrogen-bond donors (Lipinski definition) is 3. The lowest BCUT2D eigenvalue weighted by molar-refractivity contribution is 0.0953.